The Morgan fingerprint density at radius 3 is 2.56 bits per heavy atom. The molecule has 0 saturated heterocycles. The zero-order chi connectivity index (χ0) is 20.4. The van der Waals surface area contributed by atoms with E-state index in [1.54, 1.807) is 20.8 Å². The average molecular weight is 379 g/mol. The molecule has 0 bridgehead atoms. The van der Waals surface area contributed by atoms with E-state index in [9.17, 15) is 24.8 Å². The maximum atomic E-state index is 11.9. The van der Waals surface area contributed by atoms with Gasteiger partial charge >= 0.3 is 12.1 Å². The molecule has 10 heteroatoms. The Morgan fingerprint density at radius 1 is 1.37 bits per heavy atom. The summed E-state index contributed by atoms with van der Waals surface area (Å²) in [7, 11) is 1.42. The lowest BCUT2D eigenvalue weighted by Gasteiger charge is -2.22. The van der Waals surface area contributed by atoms with Crippen LogP contribution in [-0.2, 0) is 16.0 Å². The van der Waals surface area contributed by atoms with Gasteiger partial charge in [-0.1, -0.05) is 0 Å². The minimum Gasteiger partial charge on any atom is -0.495 e. The lowest BCUT2D eigenvalue weighted by Crippen LogP contribution is -2.44. The monoisotopic (exact) mass is 379 g/mol. The number of hydrogen-bond donors (Lipinski definition) is 3. The van der Waals surface area contributed by atoms with Crippen LogP contribution in [0.15, 0.2) is 18.3 Å². The van der Waals surface area contributed by atoms with Crippen molar-refractivity contribution in [1.29, 1.82) is 0 Å². The number of rotatable bonds is 6. The lowest BCUT2D eigenvalue weighted by molar-refractivity contribution is -0.383. The van der Waals surface area contributed by atoms with Gasteiger partial charge in [0.05, 0.1) is 22.9 Å². The number of aromatic nitrogens is 1. The summed E-state index contributed by atoms with van der Waals surface area (Å²) in [4.78, 5) is 37.2. The molecule has 1 aromatic carbocycles. The van der Waals surface area contributed by atoms with Gasteiger partial charge in [0.2, 0.25) is 0 Å². The molecule has 0 aliphatic rings. The van der Waals surface area contributed by atoms with Crippen LogP contribution in [0, 0.1) is 10.1 Å². The number of aliphatic carboxylic acids is 1. The van der Waals surface area contributed by atoms with Gasteiger partial charge < -0.3 is 24.9 Å². The maximum absolute atomic E-state index is 11.9. The maximum Gasteiger partial charge on any atom is 0.408 e. The number of ether oxygens (including phenoxy) is 2. The minimum atomic E-state index is -1.33. The number of fused-ring (bicyclic) bond motifs is 1. The fourth-order valence-corrected chi connectivity index (χ4v) is 2.63. The van der Waals surface area contributed by atoms with Crippen molar-refractivity contribution < 1.29 is 29.1 Å². The number of nitrogens with zero attached hydrogens (tertiary/aromatic N) is 1. The number of aromatic amines is 1. The van der Waals surface area contributed by atoms with Crippen LogP contribution in [0.1, 0.15) is 26.3 Å². The van der Waals surface area contributed by atoms with Gasteiger partial charge in [0.15, 0.2) is 0 Å². The molecule has 0 aliphatic carbocycles. The summed E-state index contributed by atoms with van der Waals surface area (Å²) in [6.45, 7) is 4.95. The van der Waals surface area contributed by atoms with E-state index in [2.05, 4.69) is 10.3 Å². The Hall–Kier alpha value is -3.30. The molecular formula is C17H21N3O7. The molecule has 0 radical (unpaired) electrons. The summed E-state index contributed by atoms with van der Waals surface area (Å²) in [6.07, 6.45) is 0.400. The second kappa shape index (κ2) is 7.52. The number of nitro benzene ring substituents is 1. The van der Waals surface area contributed by atoms with E-state index in [4.69, 9.17) is 9.47 Å². The molecule has 0 aliphatic heterocycles. The number of amides is 1. The molecule has 1 atom stereocenters. The number of H-pyrrole nitrogens is 1. The van der Waals surface area contributed by atoms with Gasteiger partial charge in [-0.2, -0.15) is 0 Å². The predicted molar refractivity (Wildman–Crippen MR) is 96.0 cm³/mol. The summed E-state index contributed by atoms with van der Waals surface area (Å²) < 4.78 is 10.3. The van der Waals surface area contributed by atoms with Gasteiger partial charge in [0.25, 0.3) is 5.69 Å². The first kappa shape index (κ1) is 20.0. The Bertz CT molecular complexity index is 883. The Labute approximate surface area is 154 Å². The highest BCUT2D eigenvalue weighted by Gasteiger charge is 2.27. The first-order chi connectivity index (χ1) is 12.5. The topological polar surface area (TPSA) is 144 Å². The van der Waals surface area contributed by atoms with Crippen molar-refractivity contribution in [3.8, 4) is 5.75 Å². The second-order valence-electron chi connectivity index (χ2n) is 6.85. The van der Waals surface area contributed by atoms with E-state index in [0.717, 1.165) is 0 Å². The van der Waals surface area contributed by atoms with Crippen molar-refractivity contribution in [2.24, 2.45) is 0 Å². The number of methoxy groups -OCH3 is 1. The summed E-state index contributed by atoms with van der Waals surface area (Å²) in [5, 5.41) is 23.3. The molecular weight excluding hydrogens is 358 g/mol. The summed E-state index contributed by atoms with van der Waals surface area (Å²) in [5.41, 5.74) is -0.245. The number of hydrogen-bond acceptors (Lipinski definition) is 6. The summed E-state index contributed by atoms with van der Waals surface area (Å²) >= 11 is 0. The van der Waals surface area contributed by atoms with E-state index >= 15 is 0 Å². The molecule has 1 unspecified atom stereocenters. The van der Waals surface area contributed by atoms with Crippen LogP contribution < -0.4 is 10.1 Å². The SMILES string of the molecule is COc1ccc([N+](=O)[O-])c2c(CC(NC(=O)OC(C)(C)C)C(=O)O)c[nH]c12. The summed E-state index contributed by atoms with van der Waals surface area (Å²) in [5.74, 6) is -0.908. The number of nitrogens with one attached hydrogen (secondary N) is 2. The number of benzene rings is 1. The highest BCUT2D eigenvalue weighted by molar-refractivity contribution is 5.96. The number of nitro groups is 1. The largest absolute Gasteiger partial charge is 0.495 e. The zero-order valence-corrected chi connectivity index (χ0v) is 15.4. The van der Waals surface area contributed by atoms with Crippen molar-refractivity contribution in [3.63, 3.8) is 0 Å². The Kier molecular flexibility index (Phi) is 5.58. The number of alkyl carbamates (subject to hydrolysis) is 1. The number of carbonyl (C=O) groups excluding carboxylic acids is 1. The standard InChI is InChI=1S/C17H21N3O7/c1-17(2,3)27-16(23)19-10(15(21)22)7-9-8-18-14-12(26-4)6-5-11(13(9)14)20(24)25/h5-6,8,10,18H,7H2,1-4H3,(H,19,23)(H,21,22). The van der Waals surface area contributed by atoms with Gasteiger partial charge in [0.1, 0.15) is 17.4 Å². The molecule has 27 heavy (non-hydrogen) atoms. The van der Waals surface area contributed by atoms with Gasteiger partial charge in [-0.3, -0.25) is 10.1 Å². The molecule has 3 N–H and O–H groups in total. The number of carboxylic acid groups (broad SMARTS) is 1. The molecule has 0 fully saturated rings. The molecule has 1 heterocycles. The third-order valence-corrected chi connectivity index (χ3v) is 3.69. The number of carboxylic acids is 1. The summed E-state index contributed by atoms with van der Waals surface area (Å²) in [6, 6.07) is 1.41. The van der Waals surface area contributed by atoms with E-state index in [0.29, 0.717) is 16.8 Å². The van der Waals surface area contributed by atoms with Crippen LogP contribution in [0.5, 0.6) is 5.75 Å². The number of carbonyl (C=O) groups is 2. The smallest absolute Gasteiger partial charge is 0.408 e. The van der Waals surface area contributed by atoms with Crippen molar-refractivity contribution in [1.82, 2.24) is 10.3 Å². The van der Waals surface area contributed by atoms with E-state index < -0.39 is 28.6 Å². The fraction of sp³-hybridized carbons (Fsp3) is 0.412. The van der Waals surface area contributed by atoms with E-state index in [-0.39, 0.29) is 17.5 Å². The van der Waals surface area contributed by atoms with Crippen molar-refractivity contribution in [3.05, 3.63) is 34.0 Å². The van der Waals surface area contributed by atoms with Crippen LogP contribution >= 0.6 is 0 Å². The van der Waals surface area contributed by atoms with Crippen LogP contribution in [0.3, 0.4) is 0 Å². The molecule has 0 saturated carbocycles. The molecule has 1 amide bonds. The van der Waals surface area contributed by atoms with Gasteiger partial charge in [-0.05, 0) is 32.4 Å². The van der Waals surface area contributed by atoms with Crippen LogP contribution in [0.25, 0.3) is 10.9 Å². The van der Waals surface area contributed by atoms with Crippen LogP contribution in [-0.4, -0.2) is 45.8 Å². The Balaban J connectivity index is 2.38. The minimum absolute atomic E-state index is 0.178. The normalized spacial score (nSPS) is 12.4. The van der Waals surface area contributed by atoms with E-state index in [1.165, 1.54) is 25.4 Å². The molecule has 1 aromatic heterocycles. The van der Waals surface area contributed by atoms with Crippen LogP contribution in [0.4, 0.5) is 10.5 Å². The van der Waals surface area contributed by atoms with Crippen molar-refractivity contribution in [2.45, 2.75) is 38.8 Å². The first-order valence-corrected chi connectivity index (χ1v) is 8.07. The molecule has 0 spiro atoms. The number of non-ortho nitro benzene ring substituents is 1. The average Bonchev–Trinajstić information content (AvgIpc) is 2.95. The third-order valence-electron chi connectivity index (χ3n) is 3.69. The fourth-order valence-electron chi connectivity index (χ4n) is 2.63. The molecule has 2 aromatic rings. The molecule has 2 rings (SSSR count). The predicted octanol–water partition coefficient (Wildman–Crippen LogP) is 2.61. The highest BCUT2D eigenvalue weighted by Crippen LogP contribution is 2.35. The molecule has 146 valence electrons. The first-order valence-electron chi connectivity index (χ1n) is 8.07. The Morgan fingerprint density at radius 2 is 2.04 bits per heavy atom. The van der Waals surface area contributed by atoms with Gasteiger partial charge in [-0.25, -0.2) is 9.59 Å². The zero-order valence-electron chi connectivity index (χ0n) is 15.4. The van der Waals surface area contributed by atoms with Crippen molar-refractivity contribution >= 4 is 28.7 Å². The second-order valence-corrected chi connectivity index (χ2v) is 6.85. The van der Waals surface area contributed by atoms with Gasteiger partial charge in [0, 0.05) is 18.7 Å². The third kappa shape index (κ3) is 4.66. The lowest BCUT2D eigenvalue weighted by atomic mass is 10.0. The van der Waals surface area contributed by atoms with E-state index in [1.807, 2.05) is 0 Å². The van der Waals surface area contributed by atoms with Crippen molar-refractivity contribution in [2.75, 3.05) is 7.11 Å². The quantitative estimate of drug-likeness (QED) is 0.517. The molecule has 10 nitrogen and oxygen atoms in total. The highest BCUT2D eigenvalue weighted by atomic mass is 16.6. The van der Waals surface area contributed by atoms with Crippen LogP contribution in [0.2, 0.25) is 0 Å². The van der Waals surface area contributed by atoms with Gasteiger partial charge in [-0.15, -0.1) is 0 Å².